The summed E-state index contributed by atoms with van der Waals surface area (Å²) in [5, 5.41) is 3.44. The molecule has 2 heteroatoms. The molecule has 1 unspecified atom stereocenters. The van der Waals surface area contributed by atoms with Gasteiger partial charge in [-0.15, -0.1) is 13.2 Å². The predicted molar refractivity (Wildman–Crippen MR) is 73.8 cm³/mol. The van der Waals surface area contributed by atoms with Crippen molar-refractivity contribution in [3.05, 3.63) is 25.3 Å². The highest BCUT2D eigenvalue weighted by molar-refractivity contribution is 4.83. The third kappa shape index (κ3) is 7.66. The molecule has 0 aliphatic rings. The SMILES string of the molecule is C=CCN(CC=C)C(C)CCCNC(C)C. The second-order valence-corrected chi connectivity index (χ2v) is 4.63. The monoisotopic (exact) mass is 224 g/mol. The molecule has 0 bridgehead atoms. The largest absolute Gasteiger partial charge is 0.315 e. The Morgan fingerprint density at radius 1 is 1.12 bits per heavy atom. The Bertz CT molecular complexity index is 177. The summed E-state index contributed by atoms with van der Waals surface area (Å²) in [5.41, 5.74) is 0. The van der Waals surface area contributed by atoms with Crippen LogP contribution in [-0.4, -0.2) is 36.6 Å². The van der Waals surface area contributed by atoms with Gasteiger partial charge < -0.3 is 5.32 Å². The van der Waals surface area contributed by atoms with E-state index in [1.165, 1.54) is 12.8 Å². The van der Waals surface area contributed by atoms with E-state index in [9.17, 15) is 0 Å². The van der Waals surface area contributed by atoms with Crippen LogP contribution in [0.15, 0.2) is 25.3 Å². The van der Waals surface area contributed by atoms with E-state index in [1.807, 2.05) is 12.2 Å². The summed E-state index contributed by atoms with van der Waals surface area (Å²) < 4.78 is 0. The van der Waals surface area contributed by atoms with Gasteiger partial charge in [0.05, 0.1) is 0 Å². The molecule has 94 valence electrons. The summed E-state index contributed by atoms with van der Waals surface area (Å²) in [6, 6.07) is 1.19. The third-order valence-corrected chi connectivity index (χ3v) is 2.70. The minimum absolute atomic E-state index is 0.591. The smallest absolute Gasteiger partial charge is 0.0166 e. The number of hydrogen-bond donors (Lipinski definition) is 1. The van der Waals surface area contributed by atoms with Crippen molar-refractivity contribution in [2.75, 3.05) is 19.6 Å². The highest BCUT2D eigenvalue weighted by atomic mass is 15.1. The molecule has 0 heterocycles. The van der Waals surface area contributed by atoms with Gasteiger partial charge in [0.25, 0.3) is 0 Å². The Kier molecular flexibility index (Phi) is 9.25. The molecule has 0 aromatic carbocycles. The van der Waals surface area contributed by atoms with Crippen molar-refractivity contribution in [1.82, 2.24) is 10.2 Å². The number of nitrogens with zero attached hydrogens (tertiary/aromatic N) is 1. The molecule has 16 heavy (non-hydrogen) atoms. The highest BCUT2D eigenvalue weighted by Gasteiger charge is 2.10. The molecule has 0 aromatic rings. The van der Waals surface area contributed by atoms with Gasteiger partial charge in [-0.2, -0.15) is 0 Å². The second kappa shape index (κ2) is 9.61. The fourth-order valence-electron chi connectivity index (χ4n) is 1.74. The zero-order valence-corrected chi connectivity index (χ0v) is 11.2. The molecule has 0 spiro atoms. The maximum atomic E-state index is 3.80. The summed E-state index contributed by atoms with van der Waals surface area (Å²) in [5.74, 6) is 0. The minimum atomic E-state index is 0.591. The van der Waals surface area contributed by atoms with Crippen LogP contribution in [-0.2, 0) is 0 Å². The van der Waals surface area contributed by atoms with Gasteiger partial charge in [0.1, 0.15) is 0 Å². The third-order valence-electron chi connectivity index (χ3n) is 2.70. The Hall–Kier alpha value is -0.600. The summed E-state index contributed by atoms with van der Waals surface area (Å²) in [7, 11) is 0. The lowest BCUT2D eigenvalue weighted by Crippen LogP contribution is -2.34. The first-order chi connectivity index (χ1) is 7.61. The Morgan fingerprint density at radius 3 is 2.12 bits per heavy atom. The molecule has 0 rings (SSSR count). The molecule has 0 amide bonds. The van der Waals surface area contributed by atoms with Gasteiger partial charge in [-0.05, 0) is 26.3 Å². The fourth-order valence-corrected chi connectivity index (χ4v) is 1.74. The first-order valence-corrected chi connectivity index (χ1v) is 6.31. The molecule has 0 aliphatic heterocycles. The first kappa shape index (κ1) is 15.4. The fraction of sp³-hybridized carbons (Fsp3) is 0.714. The van der Waals surface area contributed by atoms with Gasteiger partial charge in [-0.25, -0.2) is 0 Å². The minimum Gasteiger partial charge on any atom is -0.315 e. The lowest BCUT2D eigenvalue weighted by atomic mass is 10.1. The van der Waals surface area contributed by atoms with Crippen molar-refractivity contribution < 1.29 is 0 Å². The summed E-state index contributed by atoms with van der Waals surface area (Å²) in [6.07, 6.45) is 6.38. The van der Waals surface area contributed by atoms with Crippen LogP contribution >= 0.6 is 0 Å². The van der Waals surface area contributed by atoms with E-state index in [1.54, 1.807) is 0 Å². The average Bonchev–Trinajstić information content (AvgIpc) is 2.23. The maximum Gasteiger partial charge on any atom is 0.0166 e. The number of rotatable bonds is 10. The normalized spacial score (nSPS) is 13.1. The first-order valence-electron chi connectivity index (χ1n) is 6.31. The Labute approximate surface area is 101 Å². The average molecular weight is 224 g/mol. The molecule has 1 atom stereocenters. The van der Waals surface area contributed by atoms with E-state index >= 15 is 0 Å². The van der Waals surface area contributed by atoms with Crippen LogP contribution in [0.1, 0.15) is 33.6 Å². The van der Waals surface area contributed by atoms with E-state index < -0.39 is 0 Å². The van der Waals surface area contributed by atoms with Gasteiger partial charge in [0.2, 0.25) is 0 Å². The van der Waals surface area contributed by atoms with Crippen molar-refractivity contribution in [3.8, 4) is 0 Å². The van der Waals surface area contributed by atoms with Crippen molar-refractivity contribution in [2.24, 2.45) is 0 Å². The summed E-state index contributed by atoms with van der Waals surface area (Å²) >= 11 is 0. The van der Waals surface area contributed by atoms with Gasteiger partial charge in [0, 0.05) is 25.2 Å². The van der Waals surface area contributed by atoms with Crippen LogP contribution in [0.5, 0.6) is 0 Å². The predicted octanol–water partition coefficient (Wildman–Crippen LogP) is 2.83. The van der Waals surface area contributed by atoms with Crippen LogP contribution in [0.3, 0.4) is 0 Å². The molecule has 0 radical (unpaired) electrons. The van der Waals surface area contributed by atoms with E-state index in [0.29, 0.717) is 12.1 Å². The van der Waals surface area contributed by atoms with Crippen LogP contribution in [0.25, 0.3) is 0 Å². The summed E-state index contributed by atoms with van der Waals surface area (Å²) in [6.45, 7) is 17.3. The zero-order valence-electron chi connectivity index (χ0n) is 11.2. The van der Waals surface area contributed by atoms with Gasteiger partial charge in [-0.1, -0.05) is 26.0 Å². The van der Waals surface area contributed by atoms with E-state index in [0.717, 1.165) is 19.6 Å². The molecule has 0 aliphatic carbocycles. The van der Waals surface area contributed by atoms with Crippen molar-refractivity contribution >= 4 is 0 Å². The van der Waals surface area contributed by atoms with Gasteiger partial charge in [-0.3, -0.25) is 4.90 Å². The van der Waals surface area contributed by atoms with E-state index in [2.05, 4.69) is 44.1 Å². The van der Waals surface area contributed by atoms with E-state index in [4.69, 9.17) is 0 Å². The van der Waals surface area contributed by atoms with Crippen LogP contribution in [0.2, 0.25) is 0 Å². The van der Waals surface area contributed by atoms with Crippen molar-refractivity contribution in [1.29, 1.82) is 0 Å². The maximum absolute atomic E-state index is 3.80. The molecule has 2 nitrogen and oxygen atoms in total. The topological polar surface area (TPSA) is 15.3 Å². The molecule has 0 saturated heterocycles. The molecule has 1 N–H and O–H groups in total. The highest BCUT2D eigenvalue weighted by Crippen LogP contribution is 2.06. The molecular weight excluding hydrogens is 196 g/mol. The van der Waals surface area contributed by atoms with Crippen molar-refractivity contribution in [3.63, 3.8) is 0 Å². The van der Waals surface area contributed by atoms with Crippen LogP contribution in [0.4, 0.5) is 0 Å². The van der Waals surface area contributed by atoms with E-state index in [-0.39, 0.29) is 0 Å². The summed E-state index contributed by atoms with van der Waals surface area (Å²) in [4.78, 5) is 2.40. The second-order valence-electron chi connectivity index (χ2n) is 4.63. The zero-order chi connectivity index (χ0) is 12.4. The van der Waals surface area contributed by atoms with Gasteiger partial charge in [0.15, 0.2) is 0 Å². The molecule has 0 aromatic heterocycles. The Morgan fingerprint density at radius 2 is 1.69 bits per heavy atom. The quantitative estimate of drug-likeness (QED) is 0.453. The number of nitrogens with one attached hydrogen (secondary N) is 1. The number of hydrogen-bond acceptors (Lipinski definition) is 2. The lowest BCUT2D eigenvalue weighted by molar-refractivity contribution is 0.240. The molecule has 0 fully saturated rings. The van der Waals surface area contributed by atoms with Crippen molar-refractivity contribution in [2.45, 2.75) is 45.7 Å². The standard InChI is InChI=1S/C14H28N2/c1-6-11-16(12-7-2)14(5)9-8-10-15-13(3)4/h6-7,13-15H,1-2,8-12H2,3-5H3. The van der Waals surface area contributed by atoms with Crippen LogP contribution < -0.4 is 5.32 Å². The molecule has 0 saturated carbocycles. The van der Waals surface area contributed by atoms with Crippen LogP contribution in [0, 0.1) is 0 Å². The molecular formula is C14H28N2. The van der Waals surface area contributed by atoms with Gasteiger partial charge >= 0.3 is 0 Å². The Balaban J connectivity index is 3.76. The lowest BCUT2D eigenvalue weighted by Gasteiger charge is -2.26.